The predicted molar refractivity (Wildman–Crippen MR) is 83.7 cm³/mol. The molecule has 1 aliphatic heterocycles. The summed E-state index contributed by atoms with van der Waals surface area (Å²) >= 11 is 0. The average molecular weight is 324 g/mol. The third-order valence-electron chi connectivity index (χ3n) is 3.59. The van der Waals surface area contributed by atoms with Crippen LogP contribution in [0, 0.1) is 5.92 Å². The van der Waals surface area contributed by atoms with Crippen molar-refractivity contribution >= 4 is 22.1 Å². The minimum absolute atomic E-state index is 0.0561. The highest BCUT2D eigenvalue weighted by molar-refractivity contribution is 7.89. The molecule has 0 aliphatic carbocycles. The monoisotopic (exact) mass is 324 g/mol. The minimum Gasteiger partial charge on any atom is -0.273 e. The predicted octanol–water partition coefficient (Wildman–Crippen LogP) is 0.593. The van der Waals surface area contributed by atoms with Gasteiger partial charge in [-0.2, -0.15) is 5.10 Å². The third-order valence-corrected chi connectivity index (χ3v) is 5.43. The molecule has 1 aromatic heterocycles. The Morgan fingerprint density at radius 3 is 3.09 bits per heavy atom. The van der Waals surface area contributed by atoms with Gasteiger partial charge in [-0.1, -0.05) is 6.07 Å². The Bertz CT molecular complexity index is 631. The summed E-state index contributed by atoms with van der Waals surface area (Å²) in [5.41, 5.74) is 3.25. The zero-order valence-electron chi connectivity index (χ0n) is 12.5. The first-order valence-corrected chi connectivity index (χ1v) is 8.84. The fourth-order valence-electron chi connectivity index (χ4n) is 2.31. The molecule has 1 atom stereocenters. The number of carbonyl (C=O) groups is 1. The van der Waals surface area contributed by atoms with E-state index in [1.165, 1.54) is 10.5 Å². The Labute approximate surface area is 130 Å². The van der Waals surface area contributed by atoms with Gasteiger partial charge in [0, 0.05) is 31.0 Å². The molecule has 1 aliphatic rings. The number of hydrogen-bond donors (Lipinski definition) is 1. The van der Waals surface area contributed by atoms with Crippen molar-refractivity contribution in [3.05, 3.63) is 30.1 Å². The summed E-state index contributed by atoms with van der Waals surface area (Å²) < 4.78 is 25.2. The normalized spacial score (nSPS) is 20.1. The van der Waals surface area contributed by atoms with Crippen molar-refractivity contribution in [2.24, 2.45) is 11.0 Å². The van der Waals surface area contributed by atoms with Gasteiger partial charge in [0.15, 0.2) is 0 Å². The summed E-state index contributed by atoms with van der Waals surface area (Å²) in [6.07, 6.45) is 6.15. The topological polar surface area (TPSA) is 91.7 Å². The van der Waals surface area contributed by atoms with Crippen LogP contribution < -0.4 is 5.43 Å². The van der Waals surface area contributed by atoms with E-state index >= 15 is 0 Å². The molecule has 0 unspecified atom stereocenters. The van der Waals surface area contributed by atoms with Gasteiger partial charge in [-0.25, -0.2) is 18.1 Å². The molecule has 0 saturated carbocycles. The van der Waals surface area contributed by atoms with Crippen molar-refractivity contribution in [2.75, 3.05) is 18.8 Å². The molecule has 0 spiro atoms. The van der Waals surface area contributed by atoms with E-state index in [-0.39, 0.29) is 24.1 Å². The van der Waals surface area contributed by atoms with Gasteiger partial charge in [-0.15, -0.1) is 0 Å². The standard InChI is InChI=1S/C14H20N4O3S/c1-2-22(20,21)18-8-4-6-13(11-18)14(19)17-16-10-12-5-3-7-15-9-12/h3,5,7,9-10,13H,2,4,6,8,11H2,1H3,(H,17,19)/b16-10-/t13-/m1/s1. The largest absolute Gasteiger partial charge is 0.273 e. The van der Waals surface area contributed by atoms with Crippen LogP contribution in [0.15, 0.2) is 29.6 Å². The van der Waals surface area contributed by atoms with Crippen molar-refractivity contribution in [2.45, 2.75) is 19.8 Å². The Hall–Kier alpha value is -1.80. The lowest BCUT2D eigenvalue weighted by Crippen LogP contribution is -2.45. The molecule has 1 saturated heterocycles. The van der Waals surface area contributed by atoms with Gasteiger partial charge < -0.3 is 0 Å². The number of pyridine rings is 1. The van der Waals surface area contributed by atoms with E-state index in [4.69, 9.17) is 0 Å². The molecule has 1 amide bonds. The van der Waals surface area contributed by atoms with Crippen molar-refractivity contribution < 1.29 is 13.2 Å². The molecule has 1 N–H and O–H groups in total. The number of hydrazone groups is 1. The minimum atomic E-state index is -3.24. The second-order valence-electron chi connectivity index (χ2n) is 5.12. The molecule has 0 aromatic carbocycles. The molecule has 1 aromatic rings. The number of piperidine rings is 1. The molecule has 120 valence electrons. The van der Waals surface area contributed by atoms with Gasteiger partial charge in [0.1, 0.15) is 0 Å². The van der Waals surface area contributed by atoms with Gasteiger partial charge in [-0.3, -0.25) is 9.78 Å². The van der Waals surface area contributed by atoms with Crippen molar-refractivity contribution in [3.8, 4) is 0 Å². The van der Waals surface area contributed by atoms with Crippen LogP contribution in [0.4, 0.5) is 0 Å². The van der Waals surface area contributed by atoms with E-state index < -0.39 is 10.0 Å². The van der Waals surface area contributed by atoms with Crippen LogP contribution in [0.2, 0.25) is 0 Å². The Kier molecular flexibility index (Phi) is 5.62. The zero-order valence-corrected chi connectivity index (χ0v) is 13.3. The number of sulfonamides is 1. The van der Waals surface area contributed by atoms with Crippen LogP contribution in [0.1, 0.15) is 25.3 Å². The molecule has 1 fully saturated rings. The van der Waals surface area contributed by atoms with Crippen LogP contribution >= 0.6 is 0 Å². The molecular weight excluding hydrogens is 304 g/mol. The molecule has 0 radical (unpaired) electrons. The maximum atomic E-state index is 12.1. The molecule has 22 heavy (non-hydrogen) atoms. The van der Waals surface area contributed by atoms with Gasteiger partial charge in [-0.05, 0) is 25.8 Å². The maximum absolute atomic E-state index is 12.1. The molecule has 0 bridgehead atoms. The lowest BCUT2D eigenvalue weighted by atomic mass is 9.99. The fourth-order valence-corrected chi connectivity index (χ4v) is 3.49. The van der Waals surface area contributed by atoms with Gasteiger partial charge in [0.25, 0.3) is 0 Å². The summed E-state index contributed by atoms with van der Waals surface area (Å²) in [5, 5.41) is 3.89. The summed E-state index contributed by atoms with van der Waals surface area (Å²) in [7, 11) is -3.24. The molecule has 2 heterocycles. The Balaban J connectivity index is 1.91. The van der Waals surface area contributed by atoms with Gasteiger partial charge in [0.2, 0.25) is 15.9 Å². The molecule has 8 heteroatoms. The third kappa shape index (κ3) is 4.35. The SMILES string of the molecule is CCS(=O)(=O)N1CCC[C@@H](C(=O)N/N=C\c2cccnc2)C1. The van der Waals surface area contributed by atoms with Crippen LogP contribution in [0.25, 0.3) is 0 Å². The van der Waals surface area contributed by atoms with E-state index in [0.717, 1.165) is 5.56 Å². The number of nitrogens with one attached hydrogen (secondary N) is 1. The second-order valence-corrected chi connectivity index (χ2v) is 7.38. The van der Waals surface area contributed by atoms with Crippen molar-refractivity contribution in [1.29, 1.82) is 0 Å². The van der Waals surface area contributed by atoms with E-state index in [1.807, 2.05) is 6.07 Å². The number of hydrogen-bond acceptors (Lipinski definition) is 5. The Morgan fingerprint density at radius 1 is 1.59 bits per heavy atom. The smallest absolute Gasteiger partial charge is 0.244 e. The molecule has 7 nitrogen and oxygen atoms in total. The first-order valence-electron chi connectivity index (χ1n) is 7.23. The van der Waals surface area contributed by atoms with E-state index in [1.54, 1.807) is 25.4 Å². The highest BCUT2D eigenvalue weighted by atomic mass is 32.2. The first-order chi connectivity index (χ1) is 10.5. The van der Waals surface area contributed by atoms with E-state index in [9.17, 15) is 13.2 Å². The van der Waals surface area contributed by atoms with E-state index in [2.05, 4.69) is 15.5 Å². The summed E-state index contributed by atoms with van der Waals surface area (Å²) in [5.74, 6) is -0.558. The lowest BCUT2D eigenvalue weighted by Gasteiger charge is -2.30. The van der Waals surface area contributed by atoms with Crippen LogP contribution in [-0.4, -0.2) is 48.7 Å². The van der Waals surface area contributed by atoms with Gasteiger partial charge >= 0.3 is 0 Å². The molecule has 2 rings (SSSR count). The molecular formula is C14H20N4O3S. The number of amides is 1. The summed E-state index contributed by atoms with van der Waals surface area (Å²) in [6.45, 7) is 2.32. The zero-order chi connectivity index (χ0) is 16.0. The van der Waals surface area contributed by atoms with Crippen LogP contribution in [-0.2, 0) is 14.8 Å². The summed E-state index contributed by atoms with van der Waals surface area (Å²) in [4.78, 5) is 16.0. The Morgan fingerprint density at radius 2 is 2.41 bits per heavy atom. The quantitative estimate of drug-likeness (QED) is 0.634. The average Bonchev–Trinajstić information content (AvgIpc) is 2.56. The van der Waals surface area contributed by atoms with Crippen LogP contribution in [0.5, 0.6) is 0 Å². The lowest BCUT2D eigenvalue weighted by molar-refractivity contribution is -0.126. The number of rotatable bonds is 5. The van der Waals surface area contributed by atoms with Crippen molar-refractivity contribution in [1.82, 2.24) is 14.7 Å². The van der Waals surface area contributed by atoms with E-state index in [0.29, 0.717) is 19.4 Å². The van der Waals surface area contributed by atoms with Gasteiger partial charge in [0.05, 0.1) is 17.9 Å². The number of carbonyl (C=O) groups excluding carboxylic acids is 1. The first kappa shape index (κ1) is 16.6. The van der Waals surface area contributed by atoms with Crippen LogP contribution in [0.3, 0.4) is 0 Å². The number of nitrogens with zero attached hydrogens (tertiary/aromatic N) is 3. The maximum Gasteiger partial charge on any atom is 0.244 e. The van der Waals surface area contributed by atoms with Crippen molar-refractivity contribution in [3.63, 3.8) is 0 Å². The highest BCUT2D eigenvalue weighted by Crippen LogP contribution is 2.19. The fraction of sp³-hybridized carbons (Fsp3) is 0.500. The number of aromatic nitrogens is 1. The second kappa shape index (κ2) is 7.46. The highest BCUT2D eigenvalue weighted by Gasteiger charge is 2.31. The summed E-state index contributed by atoms with van der Waals surface area (Å²) in [6, 6.07) is 3.59.